The van der Waals surface area contributed by atoms with E-state index >= 15 is 0 Å². The first kappa shape index (κ1) is 9.40. The number of hydrogen-bond acceptors (Lipinski definition) is 1. The Morgan fingerprint density at radius 1 is 1.40 bits per heavy atom. The van der Waals surface area contributed by atoms with Gasteiger partial charge in [-0.1, -0.05) is 22.4 Å². The molecule has 1 aliphatic carbocycles. The van der Waals surface area contributed by atoms with Crippen LogP contribution in [-0.4, -0.2) is 9.78 Å². The van der Waals surface area contributed by atoms with E-state index in [2.05, 4.69) is 43.9 Å². The molecule has 3 rings (SSSR count). The molecular formula is C12H13BrN2. The lowest BCUT2D eigenvalue weighted by atomic mass is 9.85. The van der Waals surface area contributed by atoms with Crippen molar-refractivity contribution in [1.29, 1.82) is 0 Å². The first-order valence-electron chi connectivity index (χ1n) is 5.44. The van der Waals surface area contributed by atoms with Crippen molar-refractivity contribution in [2.24, 2.45) is 5.92 Å². The normalized spacial score (nSPS) is 16.9. The summed E-state index contributed by atoms with van der Waals surface area (Å²) < 4.78 is 3.27. The number of fused-ring (bicyclic) bond motifs is 1. The summed E-state index contributed by atoms with van der Waals surface area (Å²) in [5.41, 5.74) is 1.25. The number of halogens is 1. The fraction of sp³-hybridized carbons (Fsp3) is 0.417. The van der Waals surface area contributed by atoms with Gasteiger partial charge < -0.3 is 0 Å². The summed E-state index contributed by atoms with van der Waals surface area (Å²) in [6, 6.07) is 6.35. The van der Waals surface area contributed by atoms with Gasteiger partial charge in [0.1, 0.15) is 0 Å². The standard InChI is InChI=1S/C12H13BrN2/c13-11-4-5-12-10(6-11)7-14-15(12)8-9-2-1-3-9/h4-7,9H,1-3,8H2. The maximum atomic E-state index is 4.45. The molecular weight excluding hydrogens is 252 g/mol. The number of aromatic nitrogens is 2. The van der Waals surface area contributed by atoms with Gasteiger partial charge in [-0.15, -0.1) is 0 Å². The molecule has 1 fully saturated rings. The zero-order chi connectivity index (χ0) is 10.3. The van der Waals surface area contributed by atoms with Crippen LogP contribution in [0.1, 0.15) is 19.3 Å². The molecule has 1 aromatic carbocycles. The predicted octanol–water partition coefficient (Wildman–Crippen LogP) is 3.60. The molecule has 1 heterocycles. The summed E-state index contributed by atoms with van der Waals surface area (Å²) in [6.45, 7) is 1.09. The zero-order valence-electron chi connectivity index (χ0n) is 8.49. The quantitative estimate of drug-likeness (QED) is 0.811. The van der Waals surface area contributed by atoms with E-state index in [4.69, 9.17) is 0 Å². The highest BCUT2D eigenvalue weighted by molar-refractivity contribution is 9.10. The first-order valence-corrected chi connectivity index (χ1v) is 6.23. The van der Waals surface area contributed by atoms with E-state index in [9.17, 15) is 0 Å². The molecule has 0 bridgehead atoms. The Labute approximate surface area is 97.4 Å². The van der Waals surface area contributed by atoms with Gasteiger partial charge in [-0.05, 0) is 37.0 Å². The second kappa shape index (κ2) is 3.63. The van der Waals surface area contributed by atoms with Crippen molar-refractivity contribution in [2.45, 2.75) is 25.8 Å². The van der Waals surface area contributed by atoms with E-state index < -0.39 is 0 Å². The largest absolute Gasteiger partial charge is 0.265 e. The SMILES string of the molecule is Brc1ccc2c(cnn2CC2CCC2)c1. The van der Waals surface area contributed by atoms with Gasteiger partial charge in [0.05, 0.1) is 11.7 Å². The molecule has 2 nitrogen and oxygen atoms in total. The molecule has 0 amide bonds. The zero-order valence-corrected chi connectivity index (χ0v) is 10.1. The minimum absolute atomic E-state index is 0.858. The summed E-state index contributed by atoms with van der Waals surface area (Å²) >= 11 is 3.48. The first-order chi connectivity index (χ1) is 7.33. The summed E-state index contributed by atoms with van der Waals surface area (Å²) in [6.07, 6.45) is 6.10. The van der Waals surface area contributed by atoms with Crippen LogP contribution in [0.3, 0.4) is 0 Å². The summed E-state index contributed by atoms with van der Waals surface area (Å²) in [5, 5.41) is 5.68. The third kappa shape index (κ3) is 1.69. The molecule has 1 aliphatic rings. The Morgan fingerprint density at radius 2 is 2.27 bits per heavy atom. The molecule has 0 N–H and O–H groups in total. The van der Waals surface area contributed by atoms with Crippen LogP contribution in [0.2, 0.25) is 0 Å². The molecule has 0 radical (unpaired) electrons. The third-order valence-electron chi connectivity index (χ3n) is 3.26. The monoisotopic (exact) mass is 264 g/mol. The van der Waals surface area contributed by atoms with Gasteiger partial charge in [0.25, 0.3) is 0 Å². The molecule has 1 aromatic heterocycles. The topological polar surface area (TPSA) is 17.8 Å². The van der Waals surface area contributed by atoms with Crippen LogP contribution < -0.4 is 0 Å². The van der Waals surface area contributed by atoms with Crippen LogP contribution >= 0.6 is 15.9 Å². The molecule has 0 unspecified atom stereocenters. The van der Waals surface area contributed by atoms with Gasteiger partial charge in [0, 0.05) is 16.4 Å². The van der Waals surface area contributed by atoms with Gasteiger partial charge in [-0.25, -0.2) is 0 Å². The van der Waals surface area contributed by atoms with Crippen molar-refractivity contribution in [3.63, 3.8) is 0 Å². The van der Waals surface area contributed by atoms with Crippen LogP contribution in [0.4, 0.5) is 0 Å². The Hall–Kier alpha value is -0.830. The van der Waals surface area contributed by atoms with Crippen molar-refractivity contribution in [2.75, 3.05) is 0 Å². The fourth-order valence-electron chi connectivity index (χ4n) is 2.12. The lowest BCUT2D eigenvalue weighted by Crippen LogP contribution is -2.18. The van der Waals surface area contributed by atoms with Crippen LogP contribution in [0.15, 0.2) is 28.9 Å². The van der Waals surface area contributed by atoms with Gasteiger partial charge in [-0.3, -0.25) is 4.68 Å². The second-order valence-corrected chi connectivity index (χ2v) is 5.24. The van der Waals surface area contributed by atoms with Crippen molar-refractivity contribution in [3.8, 4) is 0 Å². The van der Waals surface area contributed by atoms with E-state index in [1.807, 2.05) is 6.20 Å². The Bertz CT molecular complexity index is 485. The lowest BCUT2D eigenvalue weighted by molar-refractivity contribution is 0.270. The van der Waals surface area contributed by atoms with E-state index in [1.165, 1.54) is 30.2 Å². The lowest BCUT2D eigenvalue weighted by Gasteiger charge is -2.25. The summed E-state index contributed by atoms with van der Waals surface area (Å²) in [4.78, 5) is 0. The van der Waals surface area contributed by atoms with Crippen LogP contribution in [-0.2, 0) is 6.54 Å². The average Bonchev–Trinajstić information content (AvgIpc) is 2.54. The molecule has 0 saturated heterocycles. The van der Waals surface area contributed by atoms with Crippen LogP contribution in [0, 0.1) is 5.92 Å². The highest BCUT2D eigenvalue weighted by atomic mass is 79.9. The van der Waals surface area contributed by atoms with E-state index in [-0.39, 0.29) is 0 Å². The number of benzene rings is 1. The summed E-state index contributed by atoms with van der Waals surface area (Å²) in [5.74, 6) is 0.858. The molecule has 0 atom stereocenters. The fourth-order valence-corrected chi connectivity index (χ4v) is 2.50. The predicted molar refractivity (Wildman–Crippen MR) is 64.8 cm³/mol. The van der Waals surface area contributed by atoms with Crippen LogP contribution in [0.25, 0.3) is 10.9 Å². The Morgan fingerprint density at radius 3 is 3.00 bits per heavy atom. The molecule has 3 heteroatoms. The maximum Gasteiger partial charge on any atom is 0.0683 e. The molecule has 15 heavy (non-hydrogen) atoms. The smallest absolute Gasteiger partial charge is 0.0683 e. The van der Waals surface area contributed by atoms with Gasteiger partial charge >= 0.3 is 0 Å². The average molecular weight is 265 g/mol. The van der Waals surface area contributed by atoms with E-state index in [1.54, 1.807) is 0 Å². The Kier molecular flexibility index (Phi) is 2.28. The molecule has 2 aromatic rings. The second-order valence-electron chi connectivity index (χ2n) is 4.33. The van der Waals surface area contributed by atoms with Crippen molar-refractivity contribution >= 4 is 26.8 Å². The minimum Gasteiger partial charge on any atom is -0.265 e. The van der Waals surface area contributed by atoms with E-state index in [0.717, 1.165) is 16.9 Å². The van der Waals surface area contributed by atoms with Crippen molar-refractivity contribution in [3.05, 3.63) is 28.9 Å². The van der Waals surface area contributed by atoms with Gasteiger partial charge in [0.15, 0.2) is 0 Å². The summed E-state index contributed by atoms with van der Waals surface area (Å²) in [7, 11) is 0. The van der Waals surface area contributed by atoms with Crippen LogP contribution in [0.5, 0.6) is 0 Å². The van der Waals surface area contributed by atoms with Crippen molar-refractivity contribution < 1.29 is 0 Å². The van der Waals surface area contributed by atoms with E-state index in [0.29, 0.717) is 0 Å². The third-order valence-corrected chi connectivity index (χ3v) is 3.75. The highest BCUT2D eigenvalue weighted by Gasteiger charge is 2.18. The number of rotatable bonds is 2. The minimum atomic E-state index is 0.858. The molecule has 0 aliphatic heterocycles. The Balaban J connectivity index is 1.96. The number of nitrogens with zero attached hydrogens (tertiary/aromatic N) is 2. The molecule has 78 valence electrons. The highest BCUT2D eigenvalue weighted by Crippen LogP contribution is 2.29. The number of hydrogen-bond donors (Lipinski definition) is 0. The molecule has 1 saturated carbocycles. The van der Waals surface area contributed by atoms with Crippen molar-refractivity contribution in [1.82, 2.24) is 9.78 Å². The maximum absolute atomic E-state index is 4.45. The van der Waals surface area contributed by atoms with Gasteiger partial charge in [0.2, 0.25) is 0 Å². The molecule has 0 spiro atoms. The van der Waals surface area contributed by atoms with Gasteiger partial charge in [-0.2, -0.15) is 5.10 Å².